The van der Waals surface area contributed by atoms with Gasteiger partial charge in [-0.1, -0.05) is 48.4 Å². The normalized spacial score (nSPS) is 26.7. The maximum absolute atomic E-state index is 12.1. The lowest BCUT2D eigenvalue weighted by Gasteiger charge is -2.19. The van der Waals surface area contributed by atoms with E-state index in [9.17, 15) is 9.90 Å². The van der Waals surface area contributed by atoms with E-state index in [2.05, 4.69) is 18.2 Å². The molecule has 0 aliphatic heterocycles. The summed E-state index contributed by atoms with van der Waals surface area (Å²) >= 11 is 0. The van der Waals surface area contributed by atoms with Crippen molar-refractivity contribution in [1.82, 2.24) is 0 Å². The number of carbonyl (C=O) groups is 1. The number of hydrogen-bond donors (Lipinski definition) is 1. The molecule has 148 valence electrons. The third-order valence-electron chi connectivity index (χ3n) is 5.84. The van der Waals surface area contributed by atoms with Crippen LogP contribution in [0.3, 0.4) is 0 Å². The average Bonchev–Trinajstić information content (AvgIpc) is 3.17. The summed E-state index contributed by atoms with van der Waals surface area (Å²) in [6.45, 7) is 3.69. The van der Waals surface area contributed by atoms with Crippen molar-refractivity contribution in [3.8, 4) is 0 Å². The van der Waals surface area contributed by atoms with Gasteiger partial charge in [0.15, 0.2) is 0 Å². The van der Waals surface area contributed by atoms with Gasteiger partial charge in [-0.05, 0) is 56.4 Å². The number of unbranched alkanes of at least 4 members (excludes halogenated alkanes) is 2. The molecule has 4 nitrogen and oxygen atoms in total. The average molecular weight is 373 g/mol. The van der Waals surface area contributed by atoms with Crippen molar-refractivity contribution in [2.24, 2.45) is 17.8 Å². The summed E-state index contributed by atoms with van der Waals surface area (Å²) < 4.78 is 10.9. The molecule has 0 spiro atoms. The smallest absolute Gasteiger partial charge is 0.311 e. The van der Waals surface area contributed by atoms with Gasteiger partial charge in [0.05, 0.1) is 25.2 Å². The highest BCUT2D eigenvalue weighted by Gasteiger charge is 2.48. The van der Waals surface area contributed by atoms with Gasteiger partial charge in [-0.25, -0.2) is 0 Å². The van der Waals surface area contributed by atoms with Crippen molar-refractivity contribution >= 4 is 5.97 Å². The molecule has 0 unspecified atom stereocenters. The lowest BCUT2D eigenvalue weighted by atomic mass is 9.89. The lowest BCUT2D eigenvalue weighted by molar-refractivity contribution is -0.152. The quantitative estimate of drug-likeness (QED) is 0.379. The van der Waals surface area contributed by atoms with Gasteiger partial charge in [0.1, 0.15) is 0 Å². The highest BCUT2D eigenvalue weighted by Crippen LogP contribution is 2.48. The number of hydrogen-bond acceptors (Lipinski definition) is 4. The van der Waals surface area contributed by atoms with Gasteiger partial charge in [-0.2, -0.15) is 0 Å². The SMILES string of the molecule is CCOC(=O)[C@H]1[C@@H]2CC(CCCCCOCc3ccccc3)=C[C@@H]2C[C@@H]1O. The zero-order valence-electron chi connectivity index (χ0n) is 16.3. The highest BCUT2D eigenvalue weighted by atomic mass is 16.5. The molecule has 0 heterocycles. The Hall–Kier alpha value is -1.65. The minimum atomic E-state index is -0.543. The summed E-state index contributed by atoms with van der Waals surface area (Å²) in [6, 6.07) is 10.3. The number of esters is 1. The second-order valence-electron chi connectivity index (χ2n) is 7.79. The Labute approximate surface area is 162 Å². The van der Waals surface area contributed by atoms with Crippen LogP contribution in [0, 0.1) is 17.8 Å². The van der Waals surface area contributed by atoms with Crippen LogP contribution in [0.4, 0.5) is 0 Å². The third-order valence-corrected chi connectivity index (χ3v) is 5.84. The van der Waals surface area contributed by atoms with Gasteiger partial charge in [-0.3, -0.25) is 4.79 Å². The Kier molecular flexibility index (Phi) is 7.48. The van der Waals surface area contributed by atoms with Crippen LogP contribution in [0.15, 0.2) is 42.0 Å². The molecular weight excluding hydrogens is 340 g/mol. The van der Waals surface area contributed by atoms with Crippen molar-refractivity contribution < 1.29 is 19.4 Å². The first-order valence-corrected chi connectivity index (χ1v) is 10.3. The van der Waals surface area contributed by atoms with E-state index in [4.69, 9.17) is 9.47 Å². The Morgan fingerprint density at radius 1 is 1.19 bits per heavy atom. The van der Waals surface area contributed by atoms with Gasteiger partial charge in [0.25, 0.3) is 0 Å². The first-order valence-electron chi connectivity index (χ1n) is 10.3. The van der Waals surface area contributed by atoms with E-state index < -0.39 is 6.10 Å². The number of fused-ring (bicyclic) bond motifs is 1. The van der Waals surface area contributed by atoms with E-state index in [0.717, 1.165) is 38.7 Å². The molecule has 2 aliphatic carbocycles. The molecule has 1 fully saturated rings. The van der Waals surface area contributed by atoms with E-state index >= 15 is 0 Å². The molecule has 0 aromatic heterocycles. The fraction of sp³-hybridized carbons (Fsp3) is 0.609. The Balaban J connectivity index is 1.31. The summed E-state index contributed by atoms with van der Waals surface area (Å²) in [5.74, 6) is 0.0275. The molecule has 4 atom stereocenters. The standard InChI is InChI=1S/C23H32O4/c1-2-27-23(25)22-20-14-18(13-19(20)15-21(22)24)11-7-4-8-12-26-16-17-9-5-3-6-10-17/h3,5-6,9-10,13,19-22,24H,2,4,7-8,11-12,14-16H2,1H3/t19-,20-,21+,22+/m1/s1. The Bertz CT molecular complexity index is 625. The minimum absolute atomic E-state index is 0.220. The van der Waals surface area contributed by atoms with Crippen LogP contribution in [-0.2, 0) is 20.9 Å². The predicted molar refractivity (Wildman–Crippen MR) is 105 cm³/mol. The first kappa shape index (κ1) is 20.1. The van der Waals surface area contributed by atoms with Crippen molar-refractivity contribution in [3.05, 3.63) is 47.5 Å². The number of aliphatic hydroxyl groups excluding tert-OH is 1. The van der Waals surface area contributed by atoms with Crippen LogP contribution >= 0.6 is 0 Å². The molecular formula is C23H32O4. The van der Waals surface area contributed by atoms with Crippen molar-refractivity contribution in [2.75, 3.05) is 13.2 Å². The largest absolute Gasteiger partial charge is 0.466 e. The van der Waals surface area contributed by atoms with Crippen molar-refractivity contribution in [1.29, 1.82) is 0 Å². The zero-order valence-corrected chi connectivity index (χ0v) is 16.3. The van der Waals surface area contributed by atoms with Gasteiger partial charge in [-0.15, -0.1) is 0 Å². The number of rotatable bonds is 10. The topological polar surface area (TPSA) is 55.8 Å². The number of aliphatic hydroxyl groups is 1. The van der Waals surface area contributed by atoms with Gasteiger partial charge in [0.2, 0.25) is 0 Å². The van der Waals surface area contributed by atoms with Crippen LogP contribution in [0.25, 0.3) is 0 Å². The number of benzene rings is 1. The highest BCUT2D eigenvalue weighted by molar-refractivity contribution is 5.74. The van der Waals surface area contributed by atoms with Crippen molar-refractivity contribution in [3.63, 3.8) is 0 Å². The molecule has 1 saturated carbocycles. The zero-order chi connectivity index (χ0) is 19.1. The van der Waals surface area contributed by atoms with Crippen LogP contribution in [-0.4, -0.2) is 30.4 Å². The molecule has 1 aromatic rings. The van der Waals surface area contributed by atoms with Crippen LogP contribution in [0.2, 0.25) is 0 Å². The summed E-state index contributed by atoms with van der Waals surface area (Å²) in [4.78, 5) is 12.1. The van der Waals surface area contributed by atoms with Crippen LogP contribution in [0.1, 0.15) is 51.0 Å². The molecule has 4 heteroatoms. The van der Waals surface area contributed by atoms with Crippen LogP contribution < -0.4 is 0 Å². The Morgan fingerprint density at radius 2 is 2.00 bits per heavy atom. The minimum Gasteiger partial charge on any atom is -0.466 e. The number of allylic oxidation sites excluding steroid dienone is 2. The van der Waals surface area contributed by atoms with Gasteiger partial charge in [0, 0.05) is 6.61 Å². The molecule has 0 bridgehead atoms. The van der Waals surface area contributed by atoms with E-state index in [1.54, 1.807) is 0 Å². The maximum atomic E-state index is 12.1. The lowest BCUT2D eigenvalue weighted by Crippen LogP contribution is -2.30. The van der Waals surface area contributed by atoms with Crippen LogP contribution in [0.5, 0.6) is 0 Å². The van der Waals surface area contributed by atoms with Gasteiger partial charge < -0.3 is 14.6 Å². The molecule has 2 aliphatic rings. The number of carbonyl (C=O) groups excluding carboxylic acids is 1. The molecule has 1 aromatic carbocycles. The van der Waals surface area contributed by atoms with E-state index in [-0.39, 0.29) is 17.8 Å². The molecule has 3 rings (SSSR count). The molecule has 0 amide bonds. The van der Waals surface area contributed by atoms with E-state index in [1.807, 2.05) is 25.1 Å². The molecule has 0 radical (unpaired) electrons. The van der Waals surface area contributed by atoms with E-state index in [0.29, 0.717) is 25.6 Å². The molecule has 27 heavy (non-hydrogen) atoms. The fourth-order valence-corrected chi connectivity index (χ4v) is 4.55. The summed E-state index contributed by atoms with van der Waals surface area (Å²) in [5, 5.41) is 10.2. The summed E-state index contributed by atoms with van der Waals surface area (Å²) in [6.07, 6.45) is 7.91. The van der Waals surface area contributed by atoms with Gasteiger partial charge >= 0.3 is 5.97 Å². The Morgan fingerprint density at radius 3 is 2.78 bits per heavy atom. The third kappa shape index (κ3) is 5.43. The van der Waals surface area contributed by atoms with Crippen molar-refractivity contribution in [2.45, 2.75) is 58.2 Å². The first-order chi connectivity index (χ1) is 13.2. The summed E-state index contributed by atoms with van der Waals surface area (Å²) in [5.41, 5.74) is 2.68. The predicted octanol–water partition coefficient (Wildman–Crippen LogP) is 4.27. The van der Waals surface area contributed by atoms with E-state index in [1.165, 1.54) is 11.1 Å². The maximum Gasteiger partial charge on any atom is 0.311 e. The second kappa shape index (κ2) is 10.0. The summed E-state index contributed by atoms with van der Waals surface area (Å²) in [7, 11) is 0. The second-order valence-corrected chi connectivity index (χ2v) is 7.79. The fourth-order valence-electron chi connectivity index (χ4n) is 4.55. The molecule has 1 N–H and O–H groups in total. The molecule has 0 saturated heterocycles. The number of ether oxygens (including phenoxy) is 2. The monoisotopic (exact) mass is 372 g/mol.